The fraction of sp³-hybridized carbons (Fsp3) is 0.944. The lowest BCUT2D eigenvalue weighted by atomic mass is 9.68. The summed E-state index contributed by atoms with van der Waals surface area (Å²) in [5.41, 5.74) is 0.875. The molecule has 0 aromatic heterocycles. The van der Waals surface area contributed by atoms with Gasteiger partial charge in [0.15, 0.2) is 0 Å². The minimum absolute atomic E-state index is 0.232. The Labute approximate surface area is 124 Å². The van der Waals surface area contributed by atoms with E-state index in [1.165, 1.54) is 44.9 Å². The summed E-state index contributed by atoms with van der Waals surface area (Å²) in [5, 5.41) is 13.5. The topological polar surface area (TPSA) is 35.8 Å². The Hall–Kier alpha value is -0.550. The van der Waals surface area contributed by atoms with Gasteiger partial charge in [0.05, 0.1) is 12.0 Å². The molecule has 0 spiro atoms. The summed E-state index contributed by atoms with van der Waals surface area (Å²) in [6.07, 6.45) is 10.3. The van der Waals surface area contributed by atoms with Crippen molar-refractivity contribution in [3.8, 4) is 6.07 Å². The van der Waals surface area contributed by atoms with Crippen molar-refractivity contribution >= 4 is 0 Å². The van der Waals surface area contributed by atoms with Crippen LogP contribution < -0.4 is 5.32 Å². The number of nitrogens with zero attached hydrogens (tertiary/aromatic N) is 1. The average molecular weight is 274 g/mol. The quantitative estimate of drug-likeness (QED) is 0.764. The Balaban J connectivity index is 1.77. The molecule has 0 aliphatic heterocycles. The lowest BCUT2D eigenvalue weighted by Gasteiger charge is -2.45. The van der Waals surface area contributed by atoms with E-state index in [0.29, 0.717) is 22.9 Å². The van der Waals surface area contributed by atoms with Crippen LogP contribution in [-0.2, 0) is 0 Å². The van der Waals surface area contributed by atoms with Crippen LogP contribution in [0.5, 0.6) is 0 Å². The second-order valence-electron chi connectivity index (χ2n) is 8.49. The van der Waals surface area contributed by atoms with E-state index in [-0.39, 0.29) is 5.92 Å². The van der Waals surface area contributed by atoms with Crippen LogP contribution in [0.25, 0.3) is 0 Å². The first-order chi connectivity index (χ1) is 9.47. The van der Waals surface area contributed by atoms with E-state index in [1.807, 2.05) is 0 Å². The Bertz CT molecular complexity index is 403. The van der Waals surface area contributed by atoms with E-state index in [1.54, 1.807) is 0 Å². The summed E-state index contributed by atoms with van der Waals surface area (Å²) in [6, 6.07) is 3.63. The lowest BCUT2D eigenvalue weighted by molar-refractivity contribution is 0.0916. The summed E-state index contributed by atoms with van der Waals surface area (Å²) in [5.74, 6) is 1.12. The molecule has 2 heteroatoms. The molecule has 3 saturated carbocycles. The zero-order valence-electron chi connectivity index (χ0n) is 13.4. The minimum Gasteiger partial charge on any atom is -0.309 e. The highest BCUT2D eigenvalue weighted by atomic mass is 15.0. The van der Waals surface area contributed by atoms with Gasteiger partial charge in [0.25, 0.3) is 0 Å². The van der Waals surface area contributed by atoms with Crippen molar-refractivity contribution in [2.75, 3.05) is 0 Å². The van der Waals surface area contributed by atoms with Crippen LogP contribution in [0.15, 0.2) is 0 Å². The average Bonchev–Trinajstić information content (AvgIpc) is 2.77. The summed E-state index contributed by atoms with van der Waals surface area (Å²) in [4.78, 5) is 0. The molecule has 2 nitrogen and oxygen atoms in total. The molecule has 0 aromatic carbocycles. The maximum Gasteiger partial charge on any atom is 0.0672 e. The molecule has 0 amide bonds. The van der Waals surface area contributed by atoms with Crippen molar-refractivity contribution in [2.45, 2.75) is 84.2 Å². The number of nitriles is 1. The van der Waals surface area contributed by atoms with Gasteiger partial charge >= 0.3 is 0 Å². The second-order valence-corrected chi connectivity index (χ2v) is 8.49. The molecule has 1 N–H and O–H groups in total. The van der Waals surface area contributed by atoms with Crippen LogP contribution in [0.1, 0.15) is 72.1 Å². The normalized spacial score (nSPS) is 46.9. The fourth-order valence-electron chi connectivity index (χ4n) is 5.59. The molecule has 0 saturated heterocycles. The number of hydrogen-bond donors (Lipinski definition) is 1. The first kappa shape index (κ1) is 14.4. The molecular weight excluding hydrogens is 244 g/mol. The molecule has 20 heavy (non-hydrogen) atoms. The van der Waals surface area contributed by atoms with Crippen LogP contribution in [0.2, 0.25) is 0 Å². The van der Waals surface area contributed by atoms with Gasteiger partial charge in [-0.15, -0.1) is 0 Å². The maximum absolute atomic E-state index is 9.50. The third-order valence-electron chi connectivity index (χ3n) is 6.83. The smallest absolute Gasteiger partial charge is 0.0672 e. The van der Waals surface area contributed by atoms with Gasteiger partial charge in [0.2, 0.25) is 0 Å². The molecule has 0 heterocycles. The zero-order chi connectivity index (χ0) is 14.4. The highest BCUT2D eigenvalue weighted by molar-refractivity contribution is 5.13. The molecule has 3 fully saturated rings. The summed E-state index contributed by atoms with van der Waals surface area (Å²) < 4.78 is 0. The monoisotopic (exact) mass is 274 g/mol. The van der Waals surface area contributed by atoms with Gasteiger partial charge in [-0.1, -0.05) is 40.0 Å². The fourth-order valence-corrected chi connectivity index (χ4v) is 5.59. The number of nitrogens with one attached hydrogen (secondary N) is 1. The van der Waals surface area contributed by atoms with Crippen molar-refractivity contribution in [1.82, 2.24) is 5.32 Å². The molecule has 2 bridgehead atoms. The molecule has 3 aliphatic rings. The number of rotatable bonds is 2. The van der Waals surface area contributed by atoms with E-state index in [2.05, 4.69) is 32.2 Å². The summed E-state index contributed by atoms with van der Waals surface area (Å²) >= 11 is 0. The molecule has 3 aliphatic carbocycles. The van der Waals surface area contributed by atoms with Gasteiger partial charge in [-0.05, 0) is 48.9 Å². The molecule has 5 unspecified atom stereocenters. The van der Waals surface area contributed by atoms with E-state index in [0.717, 1.165) is 12.3 Å². The van der Waals surface area contributed by atoms with Gasteiger partial charge in [0.1, 0.15) is 0 Å². The molecule has 0 radical (unpaired) electrons. The van der Waals surface area contributed by atoms with Crippen molar-refractivity contribution in [3.05, 3.63) is 0 Å². The highest BCUT2D eigenvalue weighted by Crippen LogP contribution is 2.62. The molecular formula is C18H30N2. The summed E-state index contributed by atoms with van der Waals surface area (Å²) in [7, 11) is 0. The molecule has 3 rings (SSSR count). The van der Waals surface area contributed by atoms with Crippen LogP contribution in [0, 0.1) is 34.0 Å². The third kappa shape index (κ3) is 2.19. The van der Waals surface area contributed by atoms with Gasteiger partial charge in [-0.25, -0.2) is 0 Å². The van der Waals surface area contributed by atoms with E-state index in [4.69, 9.17) is 0 Å². The van der Waals surface area contributed by atoms with Crippen LogP contribution >= 0.6 is 0 Å². The Morgan fingerprint density at radius 2 is 1.80 bits per heavy atom. The lowest BCUT2D eigenvalue weighted by Crippen LogP contribution is -2.55. The standard InChI is InChI=1S/C18H30N2/c1-17(2)14-9-10-18(3,11-14)16(17)20-15-8-6-4-5-7-13(15)12-19/h13-16,20H,4-11H2,1-3H3. The second kappa shape index (κ2) is 5.02. The maximum atomic E-state index is 9.50. The van der Waals surface area contributed by atoms with E-state index < -0.39 is 0 Å². The summed E-state index contributed by atoms with van der Waals surface area (Å²) in [6.45, 7) is 7.40. The predicted octanol–water partition coefficient (Wildman–Crippen LogP) is 4.26. The largest absolute Gasteiger partial charge is 0.309 e. The predicted molar refractivity (Wildman–Crippen MR) is 82.1 cm³/mol. The third-order valence-corrected chi connectivity index (χ3v) is 6.83. The first-order valence-corrected chi connectivity index (χ1v) is 8.63. The highest BCUT2D eigenvalue weighted by Gasteiger charge is 2.59. The van der Waals surface area contributed by atoms with Gasteiger partial charge in [0, 0.05) is 12.1 Å². The number of hydrogen-bond acceptors (Lipinski definition) is 2. The van der Waals surface area contributed by atoms with Gasteiger partial charge in [-0.2, -0.15) is 5.26 Å². The van der Waals surface area contributed by atoms with E-state index in [9.17, 15) is 5.26 Å². The van der Waals surface area contributed by atoms with Crippen molar-refractivity contribution < 1.29 is 0 Å². The van der Waals surface area contributed by atoms with Crippen molar-refractivity contribution in [2.24, 2.45) is 22.7 Å². The van der Waals surface area contributed by atoms with E-state index >= 15 is 0 Å². The van der Waals surface area contributed by atoms with Gasteiger partial charge < -0.3 is 5.32 Å². The van der Waals surface area contributed by atoms with Crippen LogP contribution in [0.4, 0.5) is 0 Å². The number of fused-ring (bicyclic) bond motifs is 2. The van der Waals surface area contributed by atoms with Crippen LogP contribution in [-0.4, -0.2) is 12.1 Å². The zero-order valence-corrected chi connectivity index (χ0v) is 13.4. The Morgan fingerprint density at radius 3 is 2.45 bits per heavy atom. The van der Waals surface area contributed by atoms with Crippen molar-refractivity contribution in [1.29, 1.82) is 5.26 Å². The SMILES string of the molecule is CC12CCC(C1)C(C)(C)C2NC1CCCCCC1C#N. The minimum atomic E-state index is 0.232. The molecule has 5 atom stereocenters. The van der Waals surface area contributed by atoms with Gasteiger partial charge in [-0.3, -0.25) is 0 Å². The van der Waals surface area contributed by atoms with Crippen molar-refractivity contribution in [3.63, 3.8) is 0 Å². The van der Waals surface area contributed by atoms with Crippen LogP contribution in [0.3, 0.4) is 0 Å². The molecule has 0 aromatic rings. The first-order valence-electron chi connectivity index (χ1n) is 8.63. The molecule has 112 valence electrons. The Morgan fingerprint density at radius 1 is 1.05 bits per heavy atom. The Kier molecular flexibility index (Phi) is 3.61.